The van der Waals surface area contributed by atoms with E-state index in [0.29, 0.717) is 41.8 Å². The number of nitrogens with zero attached hydrogens (tertiary/aromatic N) is 3. The lowest BCUT2D eigenvalue weighted by Crippen LogP contribution is -2.50. The number of nitrogens with one attached hydrogen (secondary N) is 1. The SMILES string of the molecule is N#Cc1c(NC(=O)CN2CCN(C(=O)c3cc(Cl)ccc3F)CC2)sc2c1CCCCC2. The van der Waals surface area contributed by atoms with Gasteiger partial charge in [-0.15, -0.1) is 11.3 Å². The number of rotatable bonds is 4. The highest BCUT2D eigenvalue weighted by Crippen LogP contribution is 2.37. The van der Waals surface area contributed by atoms with Crippen molar-refractivity contribution in [1.82, 2.24) is 9.80 Å². The molecule has 32 heavy (non-hydrogen) atoms. The molecule has 2 aliphatic rings. The first-order chi connectivity index (χ1) is 15.5. The number of hydrogen-bond acceptors (Lipinski definition) is 5. The topological polar surface area (TPSA) is 76.4 Å². The Labute approximate surface area is 195 Å². The molecule has 1 aliphatic carbocycles. The van der Waals surface area contributed by atoms with Crippen LogP contribution in [0.1, 0.15) is 45.6 Å². The van der Waals surface area contributed by atoms with Crippen molar-refractivity contribution in [3.05, 3.63) is 50.6 Å². The molecule has 6 nitrogen and oxygen atoms in total. The summed E-state index contributed by atoms with van der Waals surface area (Å²) in [5.41, 5.74) is 1.68. The number of thiophene rings is 1. The van der Waals surface area contributed by atoms with Crippen LogP contribution < -0.4 is 5.32 Å². The van der Waals surface area contributed by atoms with E-state index < -0.39 is 11.7 Å². The Morgan fingerprint density at radius 3 is 2.66 bits per heavy atom. The van der Waals surface area contributed by atoms with E-state index >= 15 is 0 Å². The third kappa shape index (κ3) is 4.96. The summed E-state index contributed by atoms with van der Waals surface area (Å²) in [7, 11) is 0. The highest BCUT2D eigenvalue weighted by atomic mass is 35.5. The van der Waals surface area contributed by atoms with Crippen molar-refractivity contribution < 1.29 is 14.0 Å². The van der Waals surface area contributed by atoms with E-state index in [1.807, 2.05) is 4.90 Å². The number of hydrogen-bond donors (Lipinski definition) is 1. The zero-order valence-corrected chi connectivity index (χ0v) is 19.2. The first-order valence-electron chi connectivity index (χ1n) is 10.8. The van der Waals surface area contributed by atoms with E-state index in [4.69, 9.17) is 11.6 Å². The van der Waals surface area contributed by atoms with Gasteiger partial charge in [0.25, 0.3) is 5.91 Å². The Hall–Kier alpha value is -2.47. The number of halogens is 2. The van der Waals surface area contributed by atoms with Gasteiger partial charge in [0.15, 0.2) is 0 Å². The Balaban J connectivity index is 1.33. The van der Waals surface area contributed by atoms with Gasteiger partial charge in [0.2, 0.25) is 5.91 Å². The Morgan fingerprint density at radius 1 is 1.16 bits per heavy atom. The first kappa shape index (κ1) is 22.7. The van der Waals surface area contributed by atoms with Crippen LogP contribution in [0.5, 0.6) is 0 Å². The highest BCUT2D eigenvalue weighted by Gasteiger charge is 2.26. The minimum atomic E-state index is -0.594. The smallest absolute Gasteiger partial charge is 0.256 e. The molecule has 0 spiro atoms. The zero-order valence-electron chi connectivity index (χ0n) is 17.6. The number of piperazine rings is 1. The van der Waals surface area contributed by atoms with Crippen molar-refractivity contribution in [2.24, 2.45) is 0 Å². The quantitative estimate of drug-likeness (QED) is 0.677. The summed E-state index contributed by atoms with van der Waals surface area (Å²) < 4.78 is 14.0. The molecule has 2 aromatic rings. The summed E-state index contributed by atoms with van der Waals surface area (Å²) in [6, 6.07) is 6.22. The lowest BCUT2D eigenvalue weighted by Gasteiger charge is -2.34. The Morgan fingerprint density at radius 2 is 1.91 bits per heavy atom. The molecular weight excluding hydrogens is 451 g/mol. The van der Waals surface area contributed by atoms with E-state index in [1.165, 1.54) is 40.8 Å². The highest BCUT2D eigenvalue weighted by molar-refractivity contribution is 7.16. The van der Waals surface area contributed by atoms with E-state index in [1.54, 1.807) is 4.90 Å². The molecule has 2 amide bonds. The molecule has 0 atom stereocenters. The summed E-state index contributed by atoms with van der Waals surface area (Å²) in [5, 5.41) is 13.5. The summed E-state index contributed by atoms with van der Waals surface area (Å²) in [4.78, 5) is 30.0. The van der Waals surface area contributed by atoms with Crippen molar-refractivity contribution in [1.29, 1.82) is 5.26 Å². The van der Waals surface area contributed by atoms with Crippen molar-refractivity contribution in [3.63, 3.8) is 0 Å². The van der Waals surface area contributed by atoms with Gasteiger partial charge in [-0.2, -0.15) is 5.26 Å². The maximum atomic E-state index is 14.0. The maximum Gasteiger partial charge on any atom is 0.256 e. The lowest BCUT2D eigenvalue weighted by molar-refractivity contribution is -0.117. The molecule has 1 aromatic heterocycles. The number of aryl methyl sites for hydroxylation is 1. The van der Waals surface area contributed by atoms with Gasteiger partial charge in [-0.25, -0.2) is 4.39 Å². The first-order valence-corrected chi connectivity index (χ1v) is 12.0. The fraction of sp³-hybridized carbons (Fsp3) is 0.435. The van der Waals surface area contributed by atoms with Crippen LogP contribution in [-0.2, 0) is 17.6 Å². The molecule has 1 aromatic carbocycles. The van der Waals surface area contributed by atoms with Crippen LogP contribution in [0, 0.1) is 17.1 Å². The van der Waals surface area contributed by atoms with Crippen molar-refractivity contribution in [3.8, 4) is 6.07 Å². The van der Waals surface area contributed by atoms with Gasteiger partial charge in [0.05, 0.1) is 17.7 Å². The van der Waals surface area contributed by atoms with Gasteiger partial charge in [0.1, 0.15) is 16.9 Å². The number of amides is 2. The number of fused-ring (bicyclic) bond motifs is 1. The molecule has 0 saturated carbocycles. The molecule has 1 aliphatic heterocycles. The van der Waals surface area contributed by atoms with Crippen LogP contribution in [0.4, 0.5) is 9.39 Å². The Bertz CT molecular complexity index is 1070. The van der Waals surface area contributed by atoms with Crippen molar-refractivity contribution in [2.75, 3.05) is 38.0 Å². The third-order valence-electron chi connectivity index (χ3n) is 5.97. The molecule has 0 unspecified atom stereocenters. The second kappa shape index (κ2) is 9.99. The molecular formula is C23H24ClFN4O2S. The molecule has 0 bridgehead atoms. The molecule has 168 valence electrons. The van der Waals surface area contributed by atoms with Crippen LogP contribution in [0.25, 0.3) is 0 Å². The van der Waals surface area contributed by atoms with E-state index in [2.05, 4.69) is 11.4 Å². The minimum Gasteiger partial charge on any atom is -0.336 e. The second-order valence-corrected chi connectivity index (χ2v) is 9.66. The lowest BCUT2D eigenvalue weighted by atomic mass is 10.1. The van der Waals surface area contributed by atoms with E-state index in [-0.39, 0.29) is 18.0 Å². The Kier molecular flexibility index (Phi) is 7.09. The standard InChI is InChI=1S/C23H24ClFN4O2S/c24-15-6-7-19(25)17(12-15)23(31)29-10-8-28(9-11-29)14-21(30)27-22-18(13-26)16-4-2-1-3-5-20(16)32-22/h6-7,12H,1-5,8-11,14H2,(H,27,30). The van der Waals surface area contributed by atoms with Gasteiger partial charge < -0.3 is 10.2 Å². The van der Waals surface area contributed by atoms with Crippen LogP contribution in [0.3, 0.4) is 0 Å². The number of benzene rings is 1. The van der Waals surface area contributed by atoms with Gasteiger partial charge in [-0.1, -0.05) is 18.0 Å². The maximum absolute atomic E-state index is 14.0. The van der Waals surface area contributed by atoms with Crippen molar-refractivity contribution >= 4 is 39.8 Å². The van der Waals surface area contributed by atoms with E-state index in [0.717, 1.165) is 31.2 Å². The summed E-state index contributed by atoms with van der Waals surface area (Å²) >= 11 is 7.42. The predicted molar refractivity (Wildman–Crippen MR) is 123 cm³/mol. The van der Waals surface area contributed by atoms with Crippen LogP contribution in [0.15, 0.2) is 18.2 Å². The molecule has 2 heterocycles. The normalized spacial score (nSPS) is 16.7. The van der Waals surface area contributed by atoms with Crippen LogP contribution in [0.2, 0.25) is 5.02 Å². The van der Waals surface area contributed by atoms with Crippen LogP contribution >= 0.6 is 22.9 Å². The molecule has 1 N–H and O–H groups in total. The second-order valence-electron chi connectivity index (χ2n) is 8.12. The molecule has 9 heteroatoms. The number of anilines is 1. The van der Waals surface area contributed by atoms with Gasteiger partial charge in [0, 0.05) is 36.1 Å². The van der Waals surface area contributed by atoms with Crippen molar-refractivity contribution in [2.45, 2.75) is 32.1 Å². The molecule has 1 fully saturated rings. The molecule has 1 saturated heterocycles. The number of carbonyl (C=O) groups excluding carboxylic acids is 2. The fourth-order valence-electron chi connectivity index (χ4n) is 4.26. The average molecular weight is 475 g/mol. The van der Waals surface area contributed by atoms with Crippen LogP contribution in [-0.4, -0.2) is 54.3 Å². The number of nitriles is 1. The predicted octanol–water partition coefficient (Wildman–Crippen LogP) is 4.08. The van der Waals surface area contributed by atoms with Gasteiger partial charge in [-0.3, -0.25) is 14.5 Å². The molecule has 0 radical (unpaired) electrons. The van der Waals surface area contributed by atoms with Gasteiger partial charge >= 0.3 is 0 Å². The summed E-state index contributed by atoms with van der Waals surface area (Å²) in [6.07, 6.45) is 5.23. The third-order valence-corrected chi connectivity index (χ3v) is 7.41. The van der Waals surface area contributed by atoms with Gasteiger partial charge in [-0.05, 0) is 49.4 Å². The molecule has 4 rings (SSSR count). The number of carbonyl (C=O) groups is 2. The summed E-state index contributed by atoms with van der Waals surface area (Å²) in [6.45, 7) is 1.99. The van der Waals surface area contributed by atoms with E-state index in [9.17, 15) is 19.2 Å². The summed E-state index contributed by atoms with van der Waals surface area (Å²) in [5.74, 6) is -1.16. The largest absolute Gasteiger partial charge is 0.336 e. The minimum absolute atomic E-state index is 0.0369. The average Bonchev–Trinajstić information content (AvgIpc) is 2.94. The monoisotopic (exact) mass is 474 g/mol. The fourth-order valence-corrected chi connectivity index (χ4v) is 5.69. The zero-order chi connectivity index (χ0) is 22.7.